The number of nitrogens with one attached hydrogen (secondary N) is 1. The summed E-state index contributed by atoms with van der Waals surface area (Å²) >= 11 is 2.20. The molecule has 0 spiro atoms. The Bertz CT molecular complexity index is 812. The first-order chi connectivity index (χ1) is 14.4. The third-order valence-electron chi connectivity index (χ3n) is 4.66. The lowest BCUT2D eigenvalue weighted by molar-refractivity contribution is -0.143. The Kier molecular flexibility index (Phi) is 10.1. The molecule has 0 unspecified atom stereocenters. The molecule has 0 aromatic heterocycles. The molecule has 1 N–H and O–H groups in total. The van der Waals surface area contributed by atoms with E-state index >= 15 is 0 Å². The second kappa shape index (κ2) is 12.5. The molecule has 1 atom stereocenters. The van der Waals surface area contributed by atoms with Crippen molar-refractivity contribution in [1.29, 1.82) is 0 Å². The number of carbonyl (C=O) groups is 2. The van der Waals surface area contributed by atoms with Crippen molar-refractivity contribution in [3.63, 3.8) is 0 Å². The average Bonchev–Trinajstić information content (AvgIpc) is 2.74. The standard InChI is InChI=1S/C23H28FIN2O3/c1-3-5-14-26-23(29)21(4-2)27(15-17-6-8-18(24)9-7-17)22(28)16-30-20-12-10-19(25)11-13-20/h6-13,21H,3-5,14-16H2,1-2H3,(H,26,29)/t21-/m0/s1. The van der Waals surface area contributed by atoms with Gasteiger partial charge >= 0.3 is 0 Å². The molecular formula is C23H28FIN2O3. The highest BCUT2D eigenvalue weighted by Gasteiger charge is 2.28. The predicted octanol–water partition coefficient (Wildman–Crippen LogP) is 4.53. The number of nitrogens with zero attached hydrogens (tertiary/aromatic N) is 1. The van der Waals surface area contributed by atoms with Gasteiger partial charge in [-0.2, -0.15) is 0 Å². The second-order valence-corrected chi connectivity index (χ2v) is 8.20. The fourth-order valence-corrected chi connectivity index (χ4v) is 3.33. The number of amides is 2. The van der Waals surface area contributed by atoms with Crippen molar-refractivity contribution in [1.82, 2.24) is 10.2 Å². The third-order valence-corrected chi connectivity index (χ3v) is 5.38. The lowest BCUT2D eigenvalue weighted by atomic mass is 10.1. The molecule has 5 nitrogen and oxygen atoms in total. The maximum absolute atomic E-state index is 13.3. The van der Waals surface area contributed by atoms with Crippen LogP contribution in [0.25, 0.3) is 0 Å². The summed E-state index contributed by atoms with van der Waals surface area (Å²) in [6, 6.07) is 12.7. The minimum atomic E-state index is -0.625. The summed E-state index contributed by atoms with van der Waals surface area (Å²) in [5.41, 5.74) is 0.749. The van der Waals surface area contributed by atoms with Crippen LogP contribution in [0.15, 0.2) is 48.5 Å². The van der Waals surface area contributed by atoms with Crippen LogP contribution < -0.4 is 10.1 Å². The fraction of sp³-hybridized carbons (Fsp3) is 0.391. The molecule has 0 aliphatic rings. The van der Waals surface area contributed by atoms with E-state index in [9.17, 15) is 14.0 Å². The molecule has 0 bridgehead atoms. The summed E-state index contributed by atoms with van der Waals surface area (Å²) in [6.07, 6.45) is 2.32. The van der Waals surface area contributed by atoms with Crippen LogP contribution in [0.4, 0.5) is 4.39 Å². The molecule has 0 heterocycles. The zero-order valence-electron chi connectivity index (χ0n) is 17.4. The highest BCUT2D eigenvalue weighted by Crippen LogP contribution is 2.16. The molecule has 0 saturated carbocycles. The smallest absolute Gasteiger partial charge is 0.261 e. The normalized spacial score (nSPS) is 11.6. The van der Waals surface area contributed by atoms with E-state index in [2.05, 4.69) is 34.8 Å². The van der Waals surface area contributed by atoms with Gasteiger partial charge in [0.15, 0.2) is 6.61 Å². The van der Waals surface area contributed by atoms with Crippen molar-refractivity contribution in [2.75, 3.05) is 13.2 Å². The van der Waals surface area contributed by atoms with Gasteiger partial charge in [-0.1, -0.05) is 32.4 Å². The predicted molar refractivity (Wildman–Crippen MR) is 124 cm³/mol. The van der Waals surface area contributed by atoms with Gasteiger partial charge in [-0.25, -0.2) is 4.39 Å². The van der Waals surface area contributed by atoms with E-state index in [4.69, 9.17) is 4.74 Å². The summed E-state index contributed by atoms with van der Waals surface area (Å²) in [5.74, 6) is -0.236. The van der Waals surface area contributed by atoms with Crippen LogP contribution in [0.3, 0.4) is 0 Å². The van der Waals surface area contributed by atoms with Crippen molar-refractivity contribution < 1.29 is 18.7 Å². The van der Waals surface area contributed by atoms with E-state index in [-0.39, 0.29) is 30.8 Å². The van der Waals surface area contributed by atoms with Gasteiger partial charge in [-0.15, -0.1) is 0 Å². The van der Waals surface area contributed by atoms with Gasteiger partial charge in [-0.3, -0.25) is 9.59 Å². The van der Waals surface area contributed by atoms with E-state index < -0.39 is 6.04 Å². The number of rotatable bonds is 11. The number of hydrogen-bond donors (Lipinski definition) is 1. The van der Waals surface area contributed by atoms with E-state index in [1.54, 1.807) is 24.3 Å². The van der Waals surface area contributed by atoms with Crippen molar-refractivity contribution in [2.24, 2.45) is 0 Å². The van der Waals surface area contributed by atoms with Crippen LogP contribution in [0.2, 0.25) is 0 Å². The molecule has 0 aliphatic carbocycles. The van der Waals surface area contributed by atoms with E-state index in [1.165, 1.54) is 17.0 Å². The van der Waals surface area contributed by atoms with Gasteiger partial charge in [0.25, 0.3) is 5.91 Å². The van der Waals surface area contributed by atoms with Gasteiger partial charge in [0, 0.05) is 16.7 Å². The fourth-order valence-electron chi connectivity index (χ4n) is 2.97. The molecule has 30 heavy (non-hydrogen) atoms. The Hall–Kier alpha value is -2.16. The SMILES string of the molecule is CCCCNC(=O)[C@H](CC)N(Cc1ccc(F)cc1)C(=O)COc1ccc(I)cc1. The van der Waals surface area contributed by atoms with Crippen LogP contribution in [-0.2, 0) is 16.1 Å². The lowest BCUT2D eigenvalue weighted by Gasteiger charge is -2.30. The van der Waals surface area contributed by atoms with Gasteiger partial charge in [-0.05, 0) is 77.4 Å². The largest absolute Gasteiger partial charge is 0.484 e. The zero-order valence-corrected chi connectivity index (χ0v) is 19.5. The van der Waals surface area contributed by atoms with Crippen LogP contribution in [-0.4, -0.2) is 35.9 Å². The summed E-state index contributed by atoms with van der Waals surface area (Å²) in [6.45, 7) is 4.52. The maximum atomic E-state index is 13.3. The van der Waals surface area contributed by atoms with Gasteiger partial charge in [0.05, 0.1) is 0 Å². The number of carbonyl (C=O) groups excluding carboxylic acids is 2. The monoisotopic (exact) mass is 526 g/mol. The zero-order chi connectivity index (χ0) is 21.9. The Morgan fingerprint density at radius 3 is 2.37 bits per heavy atom. The Balaban J connectivity index is 2.15. The molecular weight excluding hydrogens is 498 g/mol. The van der Waals surface area contributed by atoms with Gasteiger partial charge in [0.2, 0.25) is 5.91 Å². The molecule has 2 aromatic rings. The van der Waals surface area contributed by atoms with Crippen LogP contribution in [0.1, 0.15) is 38.7 Å². The molecule has 7 heteroatoms. The number of unbranched alkanes of at least 4 members (excludes halogenated alkanes) is 1. The van der Waals surface area contributed by atoms with Gasteiger partial charge < -0.3 is 15.0 Å². The molecule has 2 amide bonds. The van der Waals surface area contributed by atoms with E-state index in [0.717, 1.165) is 22.0 Å². The molecule has 0 aliphatic heterocycles. The van der Waals surface area contributed by atoms with Gasteiger partial charge in [0.1, 0.15) is 17.6 Å². The number of halogens is 2. The topological polar surface area (TPSA) is 58.6 Å². The van der Waals surface area contributed by atoms with Crippen molar-refractivity contribution in [3.05, 3.63) is 63.5 Å². The first-order valence-corrected chi connectivity index (χ1v) is 11.2. The van der Waals surface area contributed by atoms with Crippen LogP contribution >= 0.6 is 22.6 Å². The van der Waals surface area contributed by atoms with Crippen LogP contribution in [0, 0.1) is 9.39 Å². The minimum absolute atomic E-state index is 0.180. The number of ether oxygens (including phenoxy) is 1. The quantitative estimate of drug-likeness (QED) is 0.346. The summed E-state index contributed by atoms with van der Waals surface area (Å²) in [5, 5.41) is 2.91. The highest BCUT2D eigenvalue weighted by atomic mass is 127. The summed E-state index contributed by atoms with van der Waals surface area (Å²) in [7, 11) is 0. The van der Waals surface area contributed by atoms with Crippen molar-refractivity contribution >= 4 is 34.4 Å². The molecule has 162 valence electrons. The molecule has 2 rings (SSSR count). The molecule has 0 fully saturated rings. The second-order valence-electron chi connectivity index (χ2n) is 6.96. The van der Waals surface area contributed by atoms with Crippen molar-refractivity contribution in [3.8, 4) is 5.75 Å². The van der Waals surface area contributed by atoms with Crippen LogP contribution in [0.5, 0.6) is 5.75 Å². The minimum Gasteiger partial charge on any atom is -0.484 e. The summed E-state index contributed by atoms with van der Waals surface area (Å²) < 4.78 is 20.0. The van der Waals surface area contributed by atoms with E-state index in [0.29, 0.717) is 18.7 Å². The third kappa shape index (κ3) is 7.59. The Morgan fingerprint density at radius 1 is 1.10 bits per heavy atom. The first-order valence-electron chi connectivity index (χ1n) is 10.1. The summed E-state index contributed by atoms with van der Waals surface area (Å²) in [4.78, 5) is 27.3. The average molecular weight is 526 g/mol. The Labute approximate surface area is 191 Å². The highest BCUT2D eigenvalue weighted by molar-refractivity contribution is 14.1. The molecule has 2 aromatic carbocycles. The molecule has 0 saturated heterocycles. The maximum Gasteiger partial charge on any atom is 0.261 e. The number of benzene rings is 2. The Morgan fingerprint density at radius 2 is 1.77 bits per heavy atom. The first kappa shape index (κ1) is 24.1. The van der Waals surface area contributed by atoms with Crippen molar-refractivity contribution in [2.45, 2.75) is 45.7 Å². The van der Waals surface area contributed by atoms with E-state index in [1.807, 2.05) is 19.1 Å². The number of hydrogen-bond acceptors (Lipinski definition) is 3. The lowest BCUT2D eigenvalue weighted by Crippen LogP contribution is -2.50. The molecule has 0 radical (unpaired) electrons.